The van der Waals surface area contributed by atoms with E-state index in [1.807, 2.05) is 50.2 Å². The van der Waals surface area contributed by atoms with Crippen LogP contribution in [0.15, 0.2) is 42.5 Å². The van der Waals surface area contributed by atoms with Gasteiger partial charge >= 0.3 is 10.2 Å². The molecule has 1 saturated heterocycles. The van der Waals surface area contributed by atoms with Gasteiger partial charge in [0, 0.05) is 39.4 Å². The van der Waals surface area contributed by atoms with Crippen LogP contribution in [0.2, 0.25) is 0 Å². The molecule has 1 heterocycles. The maximum Gasteiger partial charge on any atom is 0.304 e. The van der Waals surface area contributed by atoms with Crippen LogP contribution in [0.3, 0.4) is 0 Å². The molecule has 8 nitrogen and oxygen atoms in total. The van der Waals surface area contributed by atoms with E-state index in [-0.39, 0.29) is 12.5 Å². The largest absolute Gasteiger partial charge is 0.378 e. The van der Waals surface area contributed by atoms with Crippen molar-refractivity contribution in [3.05, 3.63) is 59.2 Å². The van der Waals surface area contributed by atoms with Gasteiger partial charge in [-0.2, -0.15) is 12.7 Å². The number of ether oxygens (including phenoxy) is 1. The molecule has 32 heavy (non-hydrogen) atoms. The smallest absolute Gasteiger partial charge is 0.304 e. The minimum Gasteiger partial charge on any atom is -0.378 e. The summed E-state index contributed by atoms with van der Waals surface area (Å²) in [5, 5.41) is 2.85. The van der Waals surface area contributed by atoms with Gasteiger partial charge in [-0.1, -0.05) is 24.3 Å². The van der Waals surface area contributed by atoms with Gasteiger partial charge in [0.2, 0.25) is 5.91 Å². The quantitative estimate of drug-likeness (QED) is 0.652. The number of rotatable bonds is 8. The summed E-state index contributed by atoms with van der Waals surface area (Å²) in [6, 6.07) is 13.6. The Morgan fingerprint density at radius 3 is 2.34 bits per heavy atom. The van der Waals surface area contributed by atoms with Gasteiger partial charge in [-0.05, 0) is 48.7 Å². The van der Waals surface area contributed by atoms with Gasteiger partial charge < -0.3 is 15.0 Å². The van der Waals surface area contributed by atoms with Crippen molar-refractivity contribution in [2.45, 2.75) is 20.4 Å². The molecule has 2 aromatic rings. The molecule has 0 unspecified atom stereocenters. The Labute approximate surface area is 190 Å². The number of benzene rings is 2. The molecule has 9 heteroatoms. The number of hydrogen-bond acceptors (Lipinski definition) is 5. The van der Waals surface area contributed by atoms with E-state index >= 15 is 0 Å². The molecular weight excluding hydrogens is 428 g/mol. The molecule has 1 amide bonds. The van der Waals surface area contributed by atoms with Crippen molar-refractivity contribution in [2.75, 3.05) is 56.1 Å². The number of carbonyl (C=O) groups is 1. The topological polar surface area (TPSA) is 82.2 Å². The van der Waals surface area contributed by atoms with Crippen molar-refractivity contribution in [3.63, 3.8) is 0 Å². The van der Waals surface area contributed by atoms with E-state index in [2.05, 4.69) is 10.2 Å². The Morgan fingerprint density at radius 1 is 1.06 bits per heavy atom. The minimum absolute atomic E-state index is 0.295. The molecule has 0 saturated carbocycles. The summed E-state index contributed by atoms with van der Waals surface area (Å²) in [4.78, 5) is 15.0. The Hall–Kier alpha value is -2.62. The molecule has 2 aromatic carbocycles. The van der Waals surface area contributed by atoms with Gasteiger partial charge in [-0.3, -0.25) is 4.79 Å². The number of anilines is 2. The van der Waals surface area contributed by atoms with Gasteiger partial charge in [0.1, 0.15) is 6.54 Å². The first-order valence-electron chi connectivity index (χ1n) is 10.6. The van der Waals surface area contributed by atoms with Crippen molar-refractivity contribution < 1.29 is 17.9 Å². The second-order valence-electron chi connectivity index (χ2n) is 8.13. The average molecular weight is 461 g/mol. The molecule has 1 aliphatic heterocycles. The standard InChI is InChI=1S/C23H32N4O4S/c1-18-5-6-19(2)22(15-18)27(32(29,30)25(3)4)17-23(28)24-16-20-7-9-21(10-8-20)26-11-13-31-14-12-26/h5-10,15H,11-14,16-17H2,1-4H3,(H,24,28). The average Bonchev–Trinajstić information content (AvgIpc) is 2.78. The summed E-state index contributed by atoms with van der Waals surface area (Å²) in [7, 11) is -0.918. The van der Waals surface area contributed by atoms with Crippen LogP contribution in [0, 0.1) is 13.8 Å². The fourth-order valence-corrected chi connectivity index (χ4v) is 4.63. The molecule has 1 fully saturated rings. The van der Waals surface area contributed by atoms with Gasteiger partial charge in [0.15, 0.2) is 0 Å². The van der Waals surface area contributed by atoms with Crippen molar-refractivity contribution in [2.24, 2.45) is 0 Å². The number of hydrogen-bond donors (Lipinski definition) is 1. The van der Waals surface area contributed by atoms with Gasteiger partial charge in [0.05, 0.1) is 18.9 Å². The van der Waals surface area contributed by atoms with Crippen molar-refractivity contribution in [1.82, 2.24) is 9.62 Å². The molecule has 0 spiro atoms. The zero-order valence-electron chi connectivity index (χ0n) is 19.2. The third-order valence-electron chi connectivity index (χ3n) is 5.46. The molecule has 1 aliphatic rings. The zero-order chi connectivity index (χ0) is 23.3. The molecular formula is C23H32N4O4S. The van der Waals surface area contributed by atoms with Crippen molar-refractivity contribution in [1.29, 1.82) is 0 Å². The van der Waals surface area contributed by atoms with Crippen LogP contribution >= 0.6 is 0 Å². The zero-order valence-corrected chi connectivity index (χ0v) is 20.0. The first kappa shape index (κ1) is 24.0. The van der Waals surface area contributed by atoms with E-state index in [0.29, 0.717) is 12.2 Å². The molecule has 174 valence electrons. The van der Waals surface area contributed by atoms with Crippen LogP contribution in [0.4, 0.5) is 11.4 Å². The summed E-state index contributed by atoms with van der Waals surface area (Å²) < 4.78 is 33.6. The lowest BCUT2D eigenvalue weighted by molar-refractivity contribution is -0.119. The van der Waals surface area contributed by atoms with E-state index in [1.165, 1.54) is 14.1 Å². The highest BCUT2D eigenvalue weighted by atomic mass is 32.2. The van der Waals surface area contributed by atoms with E-state index in [4.69, 9.17) is 4.74 Å². The Bertz CT molecular complexity index is 1030. The molecule has 0 atom stereocenters. The number of amides is 1. The Kier molecular flexibility index (Phi) is 7.76. The van der Waals surface area contributed by atoms with E-state index in [0.717, 1.165) is 57.3 Å². The van der Waals surface area contributed by atoms with Crippen molar-refractivity contribution in [3.8, 4) is 0 Å². The second kappa shape index (κ2) is 10.3. The van der Waals surface area contributed by atoms with Crippen LogP contribution < -0.4 is 14.5 Å². The van der Waals surface area contributed by atoms with Gasteiger partial charge in [0.25, 0.3) is 0 Å². The predicted molar refractivity (Wildman–Crippen MR) is 127 cm³/mol. The minimum atomic E-state index is -3.84. The highest BCUT2D eigenvalue weighted by Gasteiger charge is 2.28. The van der Waals surface area contributed by atoms with Crippen LogP contribution in [-0.2, 0) is 26.3 Å². The Balaban J connectivity index is 1.68. The first-order valence-corrected chi connectivity index (χ1v) is 12.0. The first-order chi connectivity index (χ1) is 15.2. The van der Waals surface area contributed by atoms with E-state index < -0.39 is 10.2 Å². The number of carbonyl (C=O) groups excluding carboxylic acids is 1. The summed E-state index contributed by atoms with van der Waals surface area (Å²) in [5.74, 6) is -0.367. The lowest BCUT2D eigenvalue weighted by atomic mass is 10.1. The van der Waals surface area contributed by atoms with Gasteiger partial charge in [-0.15, -0.1) is 0 Å². The summed E-state index contributed by atoms with van der Waals surface area (Å²) in [5.41, 5.74) is 4.28. The van der Waals surface area contributed by atoms with Crippen LogP contribution in [0.5, 0.6) is 0 Å². The molecule has 0 bridgehead atoms. The number of morpholine rings is 1. The Morgan fingerprint density at radius 2 is 1.72 bits per heavy atom. The third kappa shape index (κ3) is 5.79. The van der Waals surface area contributed by atoms with E-state index in [1.54, 1.807) is 6.07 Å². The summed E-state index contributed by atoms with van der Waals surface area (Å²) in [6.07, 6.45) is 0. The fourth-order valence-electron chi connectivity index (χ4n) is 3.51. The lowest BCUT2D eigenvalue weighted by Crippen LogP contribution is -2.46. The maximum atomic E-state index is 13.0. The normalized spacial score (nSPS) is 14.5. The predicted octanol–water partition coefficient (Wildman–Crippen LogP) is 2.07. The SMILES string of the molecule is Cc1ccc(C)c(N(CC(=O)NCc2ccc(N3CCOCC3)cc2)S(=O)(=O)N(C)C)c1. The van der Waals surface area contributed by atoms with Gasteiger partial charge in [-0.25, -0.2) is 4.31 Å². The number of nitrogens with zero attached hydrogens (tertiary/aromatic N) is 3. The molecule has 0 aromatic heterocycles. The van der Waals surface area contributed by atoms with Crippen LogP contribution in [-0.4, -0.2) is 65.6 Å². The number of aryl methyl sites for hydroxylation is 2. The maximum absolute atomic E-state index is 13.0. The van der Waals surface area contributed by atoms with E-state index in [9.17, 15) is 13.2 Å². The molecule has 0 radical (unpaired) electrons. The van der Waals surface area contributed by atoms with Crippen LogP contribution in [0.25, 0.3) is 0 Å². The molecule has 1 N–H and O–H groups in total. The summed E-state index contributed by atoms with van der Waals surface area (Å²) >= 11 is 0. The van der Waals surface area contributed by atoms with Crippen LogP contribution in [0.1, 0.15) is 16.7 Å². The molecule has 3 rings (SSSR count). The monoisotopic (exact) mass is 460 g/mol. The lowest BCUT2D eigenvalue weighted by Gasteiger charge is -2.29. The van der Waals surface area contributed by atoms with Crippen molar-refractivity contribution >= 4 is 27.5 Å². The molecule has 0 aliphatic carbocycles. The third-order valence-corrected chi connectivity index (χ3v) is 7.27. The highest BCUT2D eigenvalue weighted by molar-refractivity contribution is 7.90. The summed E-state index contributed by atoms with van der Waals surface area (Å²) in [6.45, 7) is 6.94. The fraction of sp³-hybridized carbons (Fsp3) is 0.435. The number of nitrogens with one attached hydrogen (secondary N) is 1. The second-order valence-corrected chi connectivity index (χ2v) is 10.2. The highest BCUT2D eigenvalue weighted by Crippen LogP contribution is 2.25.